The Bertz CT molecular complexity index is 1390. The zero-order valence-corrected chi connectivity index (χ0v) is 23.3. The minimum atomic E-state index is -0.343. The Labute approximate surface area is 233 Å². The number of anilines is 3. The number of carbonyl (C=O) groups excluding carboxylic acids is 1. The summed E-state index contributed by atoms with van der Waals surface area (Å²) in [7, 11) is 0. The molecule has 184 valence electrons. The number of thiazole rings is 1. The van der Waals surface area contributed by atoms with Crippen LogP contribution in [-0.2, 0) is 4.79 Å². The Morgan fingerprint density at radius 3 is 2.50 bits per heavy atom. The summed E-state index contributed by atoms with van der Waals surface area (Å²) >= 11 is 20.5. The van der Waals surface area contributed by atoms with E-state index in [0.29, 0.717) is 26.0 Å². The summed E-state index contributed by atoms with van der Waals surface area (Å²) in [6.07, 6.45) is 0. The zero-order valence-electron chi connectivity index (χ0n) is 19.3. The molecular weight excluding hydrogens is 551 g/mol. The number of nitrogens with one attached hydrogen (secondary N) is 3. The average Bonchev–Trinajstić information content (AvgIpc) is 3.28. The fraction of sp³-hybridized carbons (Fsp3) is 0.115. The Morgan fingerprint density at radius 2 is 1.75 bits per heavy atom. The van der Waals surface area contributed by atoms with E-state index in [4.69, 9.17) is 35.4 Å². The van der Waals surface area contributed by atoms with Crippen LogP contribution in [0, 0.1) is 6.92 Å². The van der Waals surface area contributed by atoms with Gasteiger partial charge in [0.25, 0.3) is 0 Å². The van der Waals surface area contributed by atoms with Gasteiger partial charge < -0.3 is 16.0 Å². The van der Waals surface area contributed by atoms with Gasteiger partial charge >= 0.3 is 0 Å². The molecule has 0 saturated heterocycles. The van der Waals surface area contributed by atoms with Crippen LogP contribution in [0.25, 0.3) is 11.3 Å². The smallest absolute Gasteiger partial charge is 0.239 e. The van der Waals surface area contributed by atoms with Gasteiger partial charge in [0.05, 0.1) is 16.0 Å². The van der Waals surface area contributed by atoms with Gasteiger partial charge in [-0.1, -0.05) is 47.0 Å². The molecule has 4 rings (SSSR count). The van der Waals surface area contributed by atoms with Crippen molar-refractivity contribution in [2.75, 3.05) is 16.0 Å². The van der Waals surface area contributed by atoms with Crippen molar-refractivity contribution in [1.82, 2.24) is 4.98 Å². The number of thiocarbonyl (C=S) groups is 1. The van der Waals surface area contributed by atoms with E-state index in [1.807, 2.05) is 73.8 Å². The summed E-state index contributed by atoms with van der Waals surface area (Å²) < 4.78 is 0. The fourth-order valence-corrected chi connectivity index (χ4v) is 5.58. The molecule has 0 aliphatic carbocycles. The van der Waals surface area contributed by atoms with Crippen molar-refractivity contribution < 1.29 is 4.79 Å². The van der Waals surface area contributed by atoms with Gasteiger partial charge in [-0.15, -0.1) is 23.1 Å². The van der Waals surface area contributed by atoms with Gasteiger partial charge in [0, 0.05) is 32.2 Å². The maximum absolute atomic E-state index is 12.8. The number of thioether (sulfide) groups is 1. The van der Waals surface area contributed by atoms with Crippen LogP contribution < -0.4 is 16.0 Å². The Balaban J connectivity index is 1.33. The van der Waals surface area contributed by atoms with E-state index in [-0.39, 0.29) is 11.2 Å². The minimum Gasteiger partial charge on any atom is -0.332 e. The van der Waals surface area contributed by atoms with Crippen molar-refractivity contribution in [1.29, 1.82) is 0 Å². The monoisotopic (exact) mass is 572 g/mol. The van der Waals surface area contributed by atoms with E-state index in [1.54, 1.807) is 12.1 Å². The summed E-state index contributed by atoms with van der Waals surface area (Å²) in [5, 5.41) is 12.8. The quantitative estimate of drug-likeness (QED) is 0.153. The van der Waals surface area contributed by atoms with Crippen molar-refractivity contribution in [3.8, 4) is 11.3 Å². The van der Waals surface area contributed by atoms with Crippen LogP contribution in [-0.4, -0.2) is 21.3 Å². The molecule has 5 nitrogen and oxygen atoms in total. The topological polar surface area (TPSA) is 66.0 Å². The van der Waals surface area contributed by atoms with Gasteiger partial charge in [0.15, 0.2) is 10.2 Å². The maximum atomic E-state index is 12.8. The molecule has 0 aliphatic rings. The highest BCUT2D eigenvalue weighted by Gasteiger charge is 2.17. The summed E-state index contributed by atoms with van der Waals surface area (Å²) in [6.45, 7) is 3.89. The molecule has 1 aromatic heterocycles. The van der Waals surface area contributed by atoms with E-state index in [1.165, 1.54) is 28.7 Å². The Kier molecular flexibility index (Phi) is 8.87. The molecule has 36 heavy (non-hydrogen) atoms. The van der Waals surface area contributed by atoms with Crippen molar-refractivity contribution in [3.63, 3.8) is 0 Å². The van der Waals surface area contributed by atoms with Crippen LogP contribution in [0.2, 0.25) is 10.0 Å². The SMILES string of the molecule is Cc1ccc(NC(=S)Nc2cccc(SC(C)C(=O)Nc3nc(-c4ccc(Cl)cc4Cl)cs3)c2)cc1. The van der Waals surface area contributed by atoms with Crippen LogP contribution >= 0.6 is 58.5 Å². The van der Waals surface area contributed by atoms with Crippen molar-refractivity contribution >= 4 is 86.0 Å². The highest BCUT2D eigenvalue weighted by molar-refractivity contribution is 8.00. The van der Waals surface area contributed by atoms with Gasteiger partial charge in [-0.2, -0.15) is 0 Å². The van der Waals surface area contributed by atoms with Crippen LogP contribution in [0.4, 0.5) is 16.5 Å². The number of amides is 1. The first kappa shape index (κ1) is 26.4. The highest BCUT2D eigenvalue weighted by atomic mass is 35.5. The van der Waals surface area contributed by atoms with Crippen molar-refractivity contribution in [2.45, 2.75) is 24.0 Å². The summed E-state index contributed by atoms with van der Waals surface area (Å²) in [5.74, 6) is -0.141. The van der Waals surface area contributed by atoms with E-state index >= 15 is 0 Å². The number of aromatic nitrogens is 1. The molecule has 4 aromatic rings. The van der Waals surface area contributed by atoms with E-state index in [2.05, 4.69) is 20.9 Å². The number of hydrogen-bond acceptors (Lipinski definition) is 5. The van der Waals surface area contributed by atoms with Gasteiger partial charge in [0.2, 0.25) is 5.91 Å². The van der Waals surface area contributed by atoms with Crippen molar-refractivity contribution in [3.05, 3.63) is 87.7 Å². The van der Waals surface area contributed by atoms with Gasteiger partial charge in [-0.25, -0.2) is 4.98 Å². The number of rotatable bonds is 7. The van der Waals surface area contributed by atoms with Gasteiger partial charge in [-0.05, 0) is 74.6 Å². The molecular formula is C26H22Cl2N4OS3. The third-order valence-electron chi connectivity index (χ3n) is 5.02. The molecule has 3 N–H and O–H groups in total. The molecule has 0 spiro atoms. The van der Waals surface area contributed by atoms with E-state index < -0.39 is 0 Å². The van der Waals surface area contributed by atoms with Gasteiger partial charge in [0.1, 0.15) is 0 Å². The average molecular weight is 574 g/mol. The molecule has 0 saturated carbocycles. The molecule has 0 bridgehead atoms. The second-order valence-corrected chi connectivity index (χ2v) is 11.4. The number of nitrogens with zero attached hydrogens (tertiary/aromatic N) is 1. The van der Waals surface area contributed by atoms with Crippen LogP contribution in [0.15, 0.2) is 77.0 Å². The first-order chi connectivity index (χ1) is 17.3. The molecule has 1 atom stereocenters. The highest BCUT2D eigenvalue weighted by Crippen LogP contribution is 2.33. The number of aryl methyl sites for hydroxylation is 1. The van der Waals surface area contributed by atoms with Crippen LogP contribution in [0.1, 0.15) is 12.5 Å². The van der Waals surface area contributed by atoms with E-state index in [0.717, 1.165) is 21.8 Å². The van der Waals surface area contributed by atoms with Crippen LogP contribution in [0.5, 0.6) is 0 Å². The predicted octanol–water partition coefficient (Wildman–Crippen LogP) is 8.35. The first-order valence-electron chi connectivity index (χ1n) is 10.9. The summed E-state index contributed by atoms with van der Waals surface area (Å²) in [5.41, 5.74) is 4.38. The molecule has 1 heterocycles. The number of halogens is 2. The standard InChI is InChI=1S/C26H22Cl2N4OS3/c1-15-6-9-18(10-7-15)29-25(34)30-19-4-3-5-20(13-19)36-16(2)24(33)32-26-31-23(14-35-26)21-11-8-17(27)12-22(21)28/h3-14,16H,1-2H3,(H2,29,30,34)(H,31,32,33). The third-order valence-corrected chi connectivity index (χ3v) is 7.63. The summed E-state index contributed by atoms with van der Waals surface area (Å²) in [6, 6.07) is 21.0. The molecule has 1 amide bonds. The maximum Gasteiger partial charge on any atom is 0.239 e. The molecule has 1 unspecified atom stereocenters. The lowest BCUT2D eigenvalue weighted by Crippen LogP contribution is -2.22. The van der Waals surface area contributed by atoms with Crippen molar-refractivity contribution in [2.24, 2.45) is 0 Å². The first-order valence-corrected chi connectivity index (χ1v) is 13.8. The largest absolute Gasteiger partial charge is 0.332 e. The zero-order chi connectivity index (χ0) is 25.7. The third kappa shape index (κ3) is 7.21. The number of hydrogen-bond donors (Lipinski definition) is 3. The summed E-state index contributed by atoms with van der Waals surface area (Å²) in [4.78, 5) is 18.3. The second kappa shape index (κ2) is 12.1. The lowest BCUT2D eigenvalue weighted by atomic mass is 10.2. The van der Waals surface area contributed by atoms with E-state index in [9.17, 15) is 4.79 Å². The second-order valence-electron chi connectivity index (χ2n) is 7.88. The normalized spacial score (nSPS) is 11.6. The molecule has 0 fully saturated rings. The Morgan fingerprint density at radius 1 is 1.00 bits per heavy atom. The van der Waals surface area contributed by atoms with Crippen LogP contribution in [0.3, 0.4) is 0 Å². The van der Waals surface area contributed by atoms with Gasteiger partial charge in [-0.3, -0.25) is 4.79 Å². The number of carbonyl (C=O) groups is 1. The lowest BCUT2D eigenvalue weighted by molar-refractivity contribution is -0.115. The number of benzene rings is 3. The lowest BCUT2D eigenvalue weighted by Gasteiger charge is -2.13. The molecule has 0 radical (unpaired) electrons. The minimum absolute atomic E-state index is 0.141. The molecule has 0 aliphatic heterocycles. The Hall–Kier alpha value is -2.62. The molecule has 3 aromatic carbocycles. The fourth-order valence-electron chi connectivity index (χ4n) is 3.19. The predicted molar refractivity (Wildman–Crippen MR) is 159 cm³/mol. The molecule has 10 heteroatoms.